The van der Waals surface area contributed by atoms with E-state index in [1.54, 1.807) is 12.3 Å². The molecule has 1 atom stereocenters. The van der Waals surface area contributed by atoms with Gasteiger partial charge in [0.2, 0.25) is 0 Å². The van der Waals surface area contributed by atoms with E-state index in [-0.39, 0.29) is 0 Å². The van der Waals surface area contributed by atoms with Crippen molar-refractivity contribution in [2.45, 2.75) is 12.8 Å². The van der Waals surface area contributed by atoms with Crippen molar-refractivity contribution in [3.05, 3.63) is 16.6 Å². The normalized spacial score (nSPS) is 10.3. The van der Waals surface area contributed by atoms with Crippen LogP contribution in [0, 0.1) is 6.92 Å². The van der Waals surface area contributed by atoms with E-state index in [1.807, 2.05) is 6.79 Å². The van der Waals surface area contributed by atoms with Crippen molar-refractivity contribution in [3.8, 4) is 0 Å². The summed E-state index contributed by atoms with van der Waals surface area (Å²) in [5.74, 6) is 0.404. The molecular weight excluding hydrogens is 186 g/mol. The zero-order valence-corrected chi connectivity index (χ0v) is 7.61. The standard InChI is InChI=1S/C5H6ClNOS.CH2O/c1-4-5(2-6)3-9(8)7-4;1-2/h3H,2H2,1H3;1H2. The highest BCUT2D eigenvalue weighted by Crippen LogP contribution is 2.17. The Balaban J connectivity index is 0.000000461. The second kappa shape index (κ2) is 5.23. The number of hydrogen-bond donors (Lipinski definition) is 0. The van der Waals surface area contributed by atoms with Crippen molar-refractivity contribution in [2.24, 2.45) is 0 Å². The molecule has 0 N–H and O–H groups in total. The molecule has 1 heterocycles. The zero-order valence-electron chi connectivity index (χ0n) is 6.04. The zero-order chi connectivity index (χ0) is 8.85. The van der Waals surface area contributed by atoms with E-state index >= 15 is 0 Å². The van der Waals surface area contributed by atoms with Gasteiger partial charge in [-0.2, -0.15) is 0 Å². The Morgan fingerprint density at radius 3 is 2.55 bits per heavy atom. The molecule has 11 heavy (non-hydrogen) atoms. The lowest BCUT2D eigenvalue weighted by Gasteiger charge is -1.79. The van der Waals surface area contributed by atoms with Crippen molar-refractivity contribution >= 4 is 29.3 Å². The third-order valence-electron chi connectivity index (χ3n) is 1.08. The monoisotopic (exact) mass is 193 g/mol. The molecule has 0 amide bonds. The molecule has 1 aromatic heterocycles. The van der Waals surface area contributed by atoms with Crippen LogP contribution in [-0.4, -0.2) is 15.7 Å². The van der Waals surface area contributed by atoms with Crippen LogP contribution in [-0.2, 0) is 10.7 Å². The van der Waals surface area contributed by atoms with Crippen molar-refractivity contribution in [1.29, 1.82) is 0 Å². The predicted octanol–water partition coefficient (Wildman–Crippen LogP) is 1.67. The molecular formula is C6H8ClNO2S. The van der Waals surface area contributed by atoms with Gasteiger partial charge in [-0.05, 0) is 11.3 Å². The highest BCUT2D eigenvalue weighted by atomic mass is 35.5. The number of aromatic nitrogens is 1. The number of rotatable bonds is 1. The Morgan fingerprint density at radius 1 is 1.82 bits per heavy atom. The second-order valence-electron chi connectivity index (χ2n) is 1.73. The average Bonchev–Trinajstić information content (AvgIpc) is 2.33. The van der Waals surface area contributed by atoms with Crippen LogP contribution in [0.1, 0.15) is 11.3 Å². The SMILES string of the molecule is C=O.Cc1n[s+]([O-])cc1CCl. The molecule has 0 aliphatic heterocycles. The number of alkyl halides is 1. The first-order valence-corrected chi connectivity index (χ1v) is 4.46. The number of carbonyl (C=O) groups excluding carboxylic acids is 1. The largest absolute Gasteiger partial charge is 0.569 e. The Morgan fingerprint density at radius 2 is 2.36 bits per heavy atom. The first-order chi connectivity index (χ1) is 5.24. The van der Waals surface area contributed by atoms with Crippen molar-refractivity contribution < 1.29 is 9.35 Å². The quantitative estimate of drug-likeness (QED) is 0.504. The lowest BCUT2D eigenvalue weighted by molar-refractivity contribution is -0.0979. The van der Waals surface area contributed by atoms with Crippen LogP contribution in [0.25, 0.3) is 0 Å². The maximum Gasteiger partial charge on any atom is 0.168 e. The summed E-state index contributed by atoms with van der Waals surface area (Å²) in [7, 11) is -1.14. The van der Waals surface area contributed by atoms with Gasteiger partial charge in [-0.25, -0.2) is 0 Å². The molecule has 1 rings (SSSR count). The van der Waals surface area contributed by atoms with E-state index < -0.39 is 10.9 Å². The number of nitrogens with zero attached hydrogens (tertiary/aromatic N) is 1. The Labute approximate surface area is 73.0 Å². The molecule has 5 heteroatoms. The molecule has 62 valence electrons. The highest BCUT2D eigenvalue weighted by molar-refractivity contribution is 7.18. The predicted molar refractivity (Wildman–Crippen MR) is 44.3 cm³/mol. The van der Waals surface area contributed by atoms with E-state index in [2.05, 4.69) is 4.37 Å². The van der Waals surface area contributed by atoms with Gasteiger partial charge in [-0.3, -0.25) is 0 Å². The van der Waals surface area contributed by atoms with Gasteiger partial charge in [0, 0.05) is 5.56 Å². The molecule has 0 bridgehead atoms. The summed E-state index contributed by atoms with van der Waals surface area (Å²) in [5.41, 5.74) is 1.68. The van der Waals surface area contributed by atoms with Gasteiger partial charge in [0.05, 0.1) is 16.8 Å². The van der Waals surface area contributed by atoms with Gasteiger partial charge in [0.25, 0.3) is 0 Å². The van der Waals surface area contributed by atoms with Crippen molar-refractivity contribution in [1.82, 2.24) is 4.37 Å². The molecule has 0 aliphatic rings. The third-order valence-corrected chi connectivity index (χ3v) is 2.31. The molecule has 1 aromatic rings. The summed E-state index contributed by atoms with van der Waals surface area (Å²) in [4.78, 5) is 8.00. The molecule has 0 aliphatic carbocycles. The average molecular weight is 194 g/mol. The molecule has 3 nitrogen and oxygen atoms in total. The van der Waals surface area contributed by atoms with Crippen LogP contribution in [0.3, 0.4) is 0 Å². The van der Waals surface area contributed by atoms with Crippen LogP contribution in [0.2, 0.25) is 0 Å². The summed E-state index contributed by atoms with van der Waals surface area (Å²) in [6.07, 6.45) is 0. The Bertz CT molecular complexity index is 226. The first kappa shape index (κ1) is 10.6. The molecule has 0 spiro atoms. The summed E-state index contributed by atoms with van der Waals surface area (Å²) in [5, 5.41) is 1.57. The van der Waals surface area contributed by atoms with Gasteiger partial charge < -0.3 is 9.35 Å². The van der Waals surface area contributed by atoms with E-state index in [9.17, 15) is 4.55 Å². The minimum absolute atomic E-state index is 0.404. The molecule has 1 unspecified atom stereocenters. The van der Waals surface area contributed by atoms with Gasteiger partial charge >= 0.3 is 0 Å². The number of halogens is 1. The fraction of sp³-hybridized carbons (Fsp3) is 0.333. The van der Waals surface area contributed by atoms with E-state index in [1.165, 1.54) is 0 Å². The van der Waals surface area contributed by atoms with Crippen LogP contribution < -0.4 is 0 Å². The minimum Gasteiger partial charge on any atom is -0.569 e. The molecule has 0 saturated carbocycles. The molecule has 0 radical (unpaired) electrons. The summed E-state index contributed by atoms with van der Waals surface area (Å²) in [6, 6.07) is 0. The van der Waals surface area contributed by atoms with Crippen LogP contribution >= 0.6 is 22.5 Å². The minimum atomic E-state index is -1.14. The van der Waals surface area contributed by atoms with Gasteiger partial charge in [-0.15, -0.1) is 11.6 Å². The maximum absolute atomic E-state index is 10.6. The third kappa shape index (κ3) is 2.96. The topological polar surface area (TPSA) is 53.0 Å². The second-order valence-corrected chi connectivity index (χ2v) is 2.97. The fourth-order valence-corrected chi connectivity index (χ4v) is 1.85. The summed E-state index contributed by atoms with van der Waals surface area (Å²) in [6.45, 7) is 3.80. The van der Waals surface area contributed by atoms with E-state index in [4.69, 9.17) is 16.4 Å². The van der Waals surface area contributed by atoms with Gasteiger partial charge in [0.1, 0.15) is 12.5 Å². The molecule has 0 fully saturated rings. The Hall–Kier alpha value is -0.450. The Kier molecular flexibility index (Phi) is 5.02. The summed E-state index contributed by atoms with van der Waals surface area (Å²) < 4.78 is 14.4. The van der Waals surface area contributed by atoms with E-state index in [0.717, 1.165) is 11.3 Å². The first-order valence-electron chi connectivity index (χ1n) is 2.76. The molecule has 0 aromatic carbocycles. The van der Waals surface area contributed by atoms with Crippen LogP contribution in [0.5, 0.6) is 0 Å². The van der Waals surface area contributed by atoms with Crippen molar-refractivity contribution in [2.75, 3.05) is 0 Å². The van der Waals surface area contributed by atoms with Gasteiger partial charge in [-0.1, -0.05) is 0 Å². The van der Waals surface area contributed by atoms with Gasteiger partial charge in [0.15, 0.2) is 5.38 Å². The van der Waals surface area contributed by atoms with Crippen LogP contribution in [0.15, 0.2) is 5.38 Å². The number of aryl methyl sites for hydroxylation is 1. The fourth-order valence-electron chi connectivity index (χ4n) is 0.555. The smallest absolute Gasteiger partial charge is 0.168 e. The number of hydrogen-bond acceptors (Lipinski definition) is 3. The van der Waals surface area contributed by atoms with Crippen LogP contribution in [0.4, 0.5) is 0 Å². The molecule has 0 saturated heterocycles. The van der Waals surface area contributed by atoms with E-state index in [0.29, 0.717) is 5.88 Å². The van der Waals surface area contributed by atoms with Crippen molar-refractivity contribution in [3.63, 3.8) is 0 Å². The lowest BCUT2D eigenvalue weighted by atomic mass is 10.3. The summed E-state index contributed by atoms with van der Waals surface area (Å²) >= 11 is 5.48. The number of carbonyl (C=O) groups is 1. The highest BCUT2D eigenvalue weighted by Gasteiger charge is 2.05. The maximum atomic E-state index is 10.6. The lowest BCUT2D eigenvalue weighted by Crippen LogP contribution is -1.75.